The summed E-state index contributed by atoms with van der Waals surface area (Å²) in [5.74, 6) is -0.0748. The number of amides is 1. The number of carbonyl (C=O) groups is 2. The summed E-state index contributed by atoms with van der Waals surface area (Å²) in [7, 11) is 2.64. The predicted octanol–water partition coefficient (Wildman–Crippen LogP) is 3.68. The van der Waals surface area contributed by atoms with Gasteiger partial charge in [-0.2, -0.15) is 0 Å². The molecule has 25 heavy (non-hydrogen) atoms. The van der Waals surface area contributed by atoms with Crippen LogP contribution in [0.4, 0.5) is 10.7 Å². The molecule has 3 rings (SSSR count). The number of esters is 1. The summed E-state index contributed by atoms with van der Waals surface area (Å²) in [5.41, 5.74) is 1.97. The van der Waals surface area contributed by atoms with Crippen LogP contribution in [0.3, 0.4) is 0 Å². The average molecular weight is 357 g/mol. The van der Waals surface area contributed by atoms with Gasteiger partial charge < -0.3 is 14.5 Å². The van der Waals surface area contributed by atoms with E-state index in [1.807, 2.05) is 30.3 Å². The fourth-order valence-corrected chi connectivity index (χ4v) is 3.20. The molecule has 0 aliphatic carbocycles. The molecule has 0 aliphatic heterocycles. The molecule has 2 N–H and O–H groups in total. The number of nitrogens with zero attached hydrogens (tertiary/aromatic N) is 1. The van der Waals surface area contributed by atoms with Crippen LogP contribution in [0.2, 0.25) is 0 Å². The van der Waals surface area contributed by atoms with Crippen molar-refractivity contribution >= 4 is 40.8 Å². The van der Waals surface area contributed by atoms with Crippen molar-refractivity contribution in [3.63, 3.8) is 0 Å². The fourth-order valence-electron chi connectivity index (χ4n) is 2.22. The van der Waals surface area contributed by atoms with Crippen LogP contribution in [0.1, 0.15) is 10.4 Å². The monoisotopic (exact) mass is 357 g/mol. The van der Waals surface area contributed by atoms with Gasteiger partial charge in [-0.3, -0.25) is 5.32 Å². The average Bonchev–Trinajstić information content (AvgIpc) is 3.02. The van der Waals surface area contributed by atoms with Crippen molar-refractivity contribution in [2.24, 2.45) is 0 Å². The van der Waals surface area contributed by atoms with E-state index in [2.05, 4.69) is 20.0 Å². The molecule has 0 spiro atoms. The minimum atomic E-state index is -0.597. The summed E-state index contributed by atoms with van der Waals surface area (Å²) in [6.45, 7) is 0. The third-order valence-electron chi connectivity index (χ3n) is 3.38. The van der Waals surface area contributed by atoms with Crippen LogP contribution in [0.15, 0.2) is 52.3 Å². The number of anilines is 1. The summed E-state index contributed by atoms with van der Waals surface area (Å²) in [6, 6.07) is 12.9. The molecular weight excluding hydrogens is 342 g/mol. The minimum absolute atomic E-state index is 0.305. The number of carbonyl (C=O) groups excluding carboxylic acids is 2. The van der Waals surface area contributed by atoms with E-state index in [-0.39, 0.29) is 5.97 Å². The maximum Gasteiger partial charge on any atom is 0.413 e. The molecule has 7 nitrogen and oxygen atoms in total. The second-order valence-electron chi connectivity index (χ2n) is 4.97. The number of ether oxygens (including phenoxy) is 2. The van der Waals surface area contributed by atoms with E-state index in [9.17, 15) is 9.59 Å². The Bertz CT molecular complexity index is 939. The zero-order chi connectivity index (χ0) is 17.8. The van der Waals surface area contributed by atoms with Crippen LogP contribution < -0.4 is 5.32 Å². The van der Waals surface area contributed by atoms with Crippen molar-refractivity contribution in [1.82, 2.24) is 9.97 Å². The van der Waals surface area contributed by atoms with E-state index in [0.29, 0.717) is 17.0 Å². The van der Waals surface area contributed by atoms with Crippen LogP contribution in [0.5, 0.6) is 0 Å². The van der Waals surface area contributed by atoms with Gasteiger partial charge in [0.1, 0.15) is 0 Å². The smallest absolute Gasteiger partial charge is 0.413 e. The zero-order valence-electron chi connectivity index (χ0n) is 13.5. The predicted molar refractivity (Wildman–Crippen MR) is 94.0 cm³/mol. The normalized spacial score (nSPS) is 10.5. The summed E-state index contributed by atoms with van der Waals surface area (Å²) < 4.78 is 9.36. The molecule has 1 aromatic heterocycles. The number of nitrogens with one attached hydrogen (secondary N) is 2. The maximum absolute atomic E-state index is 11.9. The number of H-pyrrole nitrogens is 1. The molecule has 0 atom stereocenters. The summed E-state index contributed by atoms with van der Waals surface area (Å²) in [5, 5.41) is 2.49. The molecule has 1 heterocycles. The number of methoxy groups -OCH3 is 2. The number of benzene rings is 2. The van der Waals surface area contributed by atoms with Gasteiger partial charge >= 0.3 is 12.1 Å². The third kappa shape index (κ3) is 3.74. The Balaban J connectivity index is 1.88. The minimum Gasteiger partial charge on any atom is -0.465 e. The first kappa shape index (κ1) is 16.8. The van der Waals surface area contributed by atoms with E-state index >= 15 is 0 Å². The molecule has 0 fully saturated rings. The van der Waals surface area contributed by atoms with Crippen LogP contribution >= 0.6 is 11.8 Å². The topological polar surface area (TPSA) is 93.3 Å². The van der Waals surface area contributed by atoms with Crippen molar-refractivity contribution in [3.8, 4) is 0 Å². The Morgan fingerprint density at radius 3 is 2.68 bits per heavy atom. The van der Waals surface area contributed by atoms with E-state index in [1.54, 1.807) is 12.1 Å². The standard InChI is InChI=1S/C17H15N3O4S/c1-23-15(21)11-5-3-4-6-14(11)25-10-7-8-12-13(9-10)19-16(18-12)20-17(22)24-2/h3-9H,1-2H3,(H2,18,19,20,22). The molecule has 0 unspecified atom stereocenters. The molecule has 128 valence electrons. The largest absolute Gasteiger partial charge is 0.465 e. The molecule has 0 aliphatic rings. The molecule has 3 aromatic rings. The number of aromatic nitrogens is 2. The lowest BCUT2D eigenvalue weighted by atomic mass is 10.2. The van der Waals surface area contributed by atoms with E-state index in [4.69, 9.17) is 4.74 Å². The van der Waals surface area contributed by atoms with Gasteiger partial charge in [0.25, 0.3) is 0 Å². The highest BCUT2D eigenvalue weighted by molar-refractivity contribution is 7.99. The SMILES string of the molecule is COC(=O)Nc1nc2ccc(Sc3ccccc3C(=O)OC)cc2[nH]1. The molecule has 0 bridgehead atoms. The second-order valence-corrected chi connectivity index (χ2v) is 6.09. The first-order valence-electron chi connectivity index (χ1n) is 7.30. The van der Waals surface area contributed by atoms with Crippen molar-refractivity contribution in [1.29, 1.82) is 0 Å². The Hall–Kier alpha value is -3.00. The summed E-state index contributed by atoms with van der Waals surface area (Å²) in [4.78, 5) is 32.1. The molecule has 1 amide bonds. The maximum atomic E-state index is 11.9. The Labute approximate surface area is 147 Å². The zero-order valence-corrected chi connectivity index (χ0v) is 14.3. The van der Waals surface area contributed by atoms with Gasteiger partial charge in [-0.15, -0.1) is 0 Å². The van der Waals surface area contributed by atoms with Gasteiger partial charge in [0.2, 0.25) is 5.95 Å². The number of rotatable bonds is 4. The van der Waals surface area contributed by atoms with Crippen molar-refractivity contribution < 1.29 is 19.1 Å². The lowest BCUT2D eigenvalue weighted by molar-refractivity contribution is 0.0596. The first-order chi connectivity index (χ1) is 12.1. The Kier molecular flexibility index (Phi) is 4.90. The molecule has 0 radical (unpaired) electrons. The van der Waals surface area contributed by atoms with Crippen molar-refractivity contribution in [2.45, 2.75) is 9.79 Å². The van der Waals surface area contributed by atoms with Crippen molar-refractivity contribution in [3.05, 3.63) is 48.0 Å². The number of hydrogen-bond acceptors (Lipinski definition) is 6. The van der Waals surface area contributed by atoms with E-state index < -0.39 is 6.09 Å². The van der Waals surface area contributed by atoms with Crippen LogP contribution in [-0.2, 0) is 9.47 Å². The second kappa shape index (κ2) is 7.27. The van der Waals surface area contributed by atoms with Gasteiger partial charge in [-0.05, 0) is 30.3 Å². The molecule has 8 heteroatoms. The van der Waals surface area contributed by atoms with Gasteiger partial charge in [-0.1, -0.05) is 23.9 Å². The van der Waals surface area contributed by atoms with E-state index in [1.165, 1.54) is 26.0 Å². The molecular formula is C17H15N3O4S. The lowest BCUT2D eigenvalue weighted by Crippen LogP contribution is -2.11. The molecule has 0 saturated carbocycles. The summed E-state index contributed by atoms with van der Waals surface area (Å²) >= 11 is 1.44. The number of aromatic amines is 1. The lowest BCUT2D eigenvalue weighted by Gasteiger charge is -2.07. The van der Waals surface area contributed by atoms with Crippen LogP contribution in [-0.4, -0.2) is 36.3 Å². The van der Waals surface area contributed by atoms with Gasteiger partial charge in [-0.25, -0.2) is 14.6 Å². The van der Waals surface area contributed by atoms with Gasteiger partial charge in [0.15, 0.2) is 0 Å². The fraction of sp³-hybridized carbons (Fsp3) is 0.118. The molecule has 0 saturated heterocycles. The van der Waals surface area contributed by atoms with Crippen molar-refractivity contribution in [2.75, 3.05) is 19.5 Å². The number of imidazole rings is 1. The molecule has 2 aromatic carbocycles. The highest BCUT2D eigenvalue weighted by Crippen LogP contribution is 2.32. The van der Waals surface area contributed by atoms with E-state index in [0.717, 1.165) is 15.3 Å². The van der Waals surface area contributed by atoms with Crippen LogP contribution in [0.25, 0.3) is 11.0 Å². The summed E-state index contributed by atoms with van der Waals surface area (Å²) in [6.07, 6.45) is -0.597. The third-order valence-corrected chi connectivity index (χ3v) is 4.44. The van der Waals surface area contributed by atoms with Crippen LogP contribution in [0, 0.1) is 0 Å². The quantitative estimate of drug-likeness (QED) is 0.692. The number of hydrogen-bond donors (Lipinski definition) is 2. The van der Waals surface area contributed by atoms with Gasteiger partial charge in [0, 0.05) is 9.79 Å². The Morgan fingerprint density at radius 2 is 1.92 bits per heavy atom. The first-order valence-corrected chi connectivity index (χ1v) is 8.12. The Morgan fingerprint density at radius 1 is 1.12 bits per heavy atom. The highest BCUT2D eigenvalue weighted by Gasteiger charge is 2.13. The van der Waals surface area contributed by atoms with Gasteiger partial charge in [0.05, 0.1) is 30.8 Å². The number of fused-ring (bicyclic) bond motifs is 1. The highest BCUT2D eigenvalue weighted by atomic mass is 32.2.